The molecule has 118 valence electrons. The lowest BCUT2D eigenvalue weighted by molar-refractivity contribution is 0.349. The van der Waals surface area contributed by atoms with Crippen molar-refractivity contribution in [2.75, 3.05) is 14.2 Å². The van der Waals surface area contributed by atoms with Gasteiger partial charge < -0.3 is 14.8 Å². The van der Waals surface area contributed by atoms with E-state index in [1.165, 1.54) is 37.7 Å². The van der Waals surface area contributed by atoms with E-state index in [-0.39, 0.29) is 0 Å². The molecular formula is C17H26BrNO2. The Labute approximate surface area is 136 Å². The Morgan fingerprint density at radius 2 is 1.76 bits per heavy atom. The van der Waals surface area contributed by atoms with Crippen LogP contribution in [0.25, 0.3) is 0 Å². The molecule has 1 aliphatic rings. The lowest BCUT2D eigenvalue weighted by atomic mass is 9.97. The molecule has 0 aliphatic heterocycles. The van der Waals surface area contributed by atoms with E-state index in [1.807, 2.05) is 6.07 Å². The van der Waals surface area contributed by atoms with E-state index >= 15 is 0 Å². The Balaban J connectivity index is 2.05. The first-order valence-corrected chi connectivity index (χ1v) is 8.58. The highest BCUT2D eigenvalue weighted by Gasteiger charge is 2.20. The Bertz CT molecular complexity index is 464. The summed E-state index contributed by atoms with van der Waals surface area (Å²) in [4.78, 5) is 0. The van der Waals surface area contributed by atoms with Crippen LogP contribution in [0.3, 0.4) is 0 Å². The second-order valence-electron chi connectivity index (χ2n) is 5.90. The van der Waals surface area contributed by atoms with E-state index in [0.29, 0.717) is 6.04 Å². The second-order valence-corrected chi connectivity index (χ2v) is 6.76. The molecule has 1 aromatic carbocycles. The quantitative estimate of drug-likeness (QED) is 0.787. The Morgan fingerprint density at radius 1 is 1.10 bits per heavy atom. The Kier molecular flexibility index (Phi) is 6.37. The molecule has 0 heterocycles. The number of methoxy groups -OCH3 is 2. The average Bonchev–Trinajstić information content (AvgIpc) is 2.70. The standard InChI is InChI=1S/C17H26BrNO2/c1-12-7-5-4-6-8-15(12)19-11-13-9-16(20-2)17(21-3)10-14(13)18/h9-10,12,15,19H,4-8,11H2,1-3H3. The zero-order valence-electron chi connectivity index (χ0n) is 13.2. The number of hydrogen-bond acceptors (Lipinski definition) is 3. The molecular weight excluding hydrogens is 330 g/mol. The van der Waals surface area contributed by atoms with Crippen molar-refractivity contribution < 1.29 is 9.47 Å². The maximum atomic E-state index is 5.39. The van der Waals surface area contributed by atoms with E-state index in [9.17, 15) is 0 Å². The van der Waals surface area contributed by atoms with Crippen LogP contribution in [-0.2, 0) is 6.54 Å². The first kappa shape index (κ1) is 16.6. The van der Waals surface area contributed by atoms with E-state index in [2.05, 4.69) is 34.2 Å². The third-order valence-corrected chi connectivity index (χ3v) is 5.21. The number of halogens is 1. The zero-order chi connectivity index (χ0) is 15.2. The molecule has 1 aromatic rings. The summed E-state index contributed by atoms with van der Waals surface area (Å²) in [6, 6.07) is 4.65. The van der Waals surface area contributed by atoms with Crippen molar-refractivity contribution in [3.8, 4) is 11.5 Å². The summed E-state index contributed by atoms with van der Waals surface area (Å²) < 4.78 is 11.8. The van der Waals surface area contributed by atoms with Gasteiger partial charge in [0.2, 0.25) is 0 Å². The van der Waals surface area contributed by atoms with E-state index in [4.69, 9.17) is 9.47 Å². The van der Waals surface area contributed by atoms with Gasteiger partial charge in [-0.05, 0) is 36.5 Å². The van der Waals surface area contributed by atoms with E-state index in [0.717, 1.165) is 28.4 Å². The van der Waals surface area contributed by atoms with Crippen molar-refractivity contribution >= 4 is 15.9 Å². The molecule has 0 spiro atoms. The van der Waals surface area contributed by atoms with E-state index in [1.54, 1.807) is 14.2 Å². The van der Waals surface area contributed by atoms with Crippen molar-refractivity contribution in [1.29, 1.82) is 0 Å². The van der Waals surface area contributed by atoms with Gasteiger partial charge in [-0.3, -0.25) is 0 Å². The first-order chi connectivity index (χ1) is 10.2. The van der Waals surface area contributed by atoms with Crippen LogP contribution in [0, 0.1) is 5.92 Å². The normalized spacial score (nSPS) is 22.7. The third-order valence-electron chi connectivity index (χ3n) is 4.47. The summed E-state index contributed by atoms with van der Waals surface area (Å²) in [5, 5.41) is 3.73. The van der Waals surface area contributed by atoms with Gasteiger partial charge >= 0.3 is 0 Å². The summed E-state index contributed by atoms with van der Waals surface area (Å²) in [6.45, 7) is 3.22. The molecule has 1 N–H and O–H groups in total. The summed E-state index contributed by atoms with van der Waals surface area (Å²) in [6.07, 6.45) is 6.72. The predicted octanol–water partition coefficient (Wildman–Crippen LogP) is 4.52. The summed E-state index contributed by atoms with van der Waals surface area (Å²) in [5.74, 6) is 2.30. The van der Waals surface area contributed by atoms with Gasteiger partial charge in [-0.25, -0.2) is 0 Å². The van der Waals surface area contributed by atoms with Gasteiger partial charge in [0.1, 0.15) is 0 Å². The number of nitrogens with one attached hydrogen (secondary N) is 1. The van der Waals surface area contributed by atoms with Gasteiger partial charge in [0.25, 0.3) is 0 Å². The lowest BCUT2D eigenvalue weighted by Crippen LogP contribution is -2.33. The SMILES string of the molecule is COc1cc(Br)c(CNC2CCCCCC2C)cc1OC. The third kappa shape index (κ3) is 4.36. The topological polar surface area (TPSA) is 30.5 Å². The molecule has 21 heavy (non-hydrogen) atoms. The van der Waals surface area contributed by atoms with Crippen molar-refractivity contribution in [1.82, 2.24) is 5.32 Å². The van der Waals surface area contributed by atoms with Crippen LogP contribution in [-0.4, -0.2) is 20.3 Å². The molecule has 1 saturated carbocycles. The molecule has 1 fully saturated rings. The Hall–Kier alpha value is -0.740. The maximum Gasteiger partial charge on any atom is 0.161 e. The van der Waals surface area contributed by atoms with Crippen LogP contribution in [0.1, 0.15) is 44.6 Å². The summed E-state index contributed by atoms with van der Waals surface area (Å²) >= 11 is 3.63. The minimum absolute atomic E-state index is 0.618. The van der Waals surface area contributed by atoms with Gasteiger partial charge in [0.15, 0.2) is 11.5 Å². The monoisotopic (exact) mass is 355 g/mol. The molecule has 0 aromatic heterocycles. The van der Waals surface area contributed by atoms with Crippen molar-refractivity contribution in [2.45, 2.75) is 51.6 Å². The largest absolute Gasteiger partial charge is 0.493 e. The van der Waals surface area contributed by atoms with Gasteiger partial charge in [0, 0.05) is 17.1 Å². The summed E-state index contributed by atoms with van der Waals surface area (Å²) in [5.41, 5.74) is 1.21. The van der Waals surface area contributed by atoms with Crippen molar-refractivity contribution in [2.24, 2.45) is 5.92 Å². The average molecular weight is 356 g/mol. The number of rotatable bonds is 5. The van der Waals surface area contributed by atoms with Gasteiger partial charge in [0.05, 0.1) is 14.2 Å². The molecule has 4 heteroatoms. The van der Waals surface area contributed by atoms with Crippen molar-refractivity contribution in [3.05, 3.63) is 22.2 Å². The lowest BCUT2D eigenvalue weighted by Gasteiger charge is -2.23. The Morgan fingerprint density at radius 3 is 2.48 bits per heavy atom. The van der Waals surface area contributed by atoms with Crippen LogP contribution in [0.15, 0.2) is 16.6 Å². The predicted molar refractivity (Wildman–Crippen MR) is 90.1 cm³/mol. The van der Waals surface area contributed by atoms with Crippen molar-refractivity contribution in [3.63, 3.8) is 0 Å². The highest BCUT2D eigenvalue weighted by Crippen LogP contribution is 2.33. The van der Waals surface area contributed by atoms with Gasteiger partial charge in [-0.2, -0.15) is 0 Å². The fraction of sp³-hybridized carbons (Fsp3) is 0.647. The van der Waals surface area contributed by atoms with Gasteiger partial charge in [-0.1, -0.05) is 42.1 Å². The fourth-order valence-corrected chi connectivity index (χ4v) is 3.53. The van der Waals surface area contributed by atoms with Crippen LogP contribution in [0.5, 0.6) is 11.5 Å². The van der Waals surface area contributed by atoms with Crippen LogP contribution < -0.4 is 14.8 Å². The van der Waals surface area contributed by atoms with Crippen LogP contribution in [0.4, 0.5) is 0 Å². The maximum absolute atomic E-state index is 5.39. The molecule has 0 saturated heterocycles. The molecule has 0 radical (unpaired) electrons. The van der Waals surface area contributed by atoms with E-state index < -0.39 is 0 Å². The highest BCUT2D eigenvalue weighted by atomic mass is 79.9. The van der Waals surface area contributed by atoms with Crippen LogP contribution in [0.2, 0.25) is 0 Å². The zero-order valence-corrected chi connectivity index (χ0v) is 14.8. The molecule has 2 rings (SSSR count). The number of ether oxygens (including phenoxy) is 2. The minimum atomic E-state index is 0.618. The highest BCUT2D eigenvalue weighted by molar-refractivity contribution is 9.10. The number of hydrogen-bond donors (Lipinski definition) is 1. The summed E-state index contributed by atoms with van der Waals surface area (Å²) in [7, 11) is 3.34. The molecule has 3 nitrogen and oxygen atoms in total. The molecule has 2 atom stereocenters. The first-order valence-electron chi connectivity index (χ1n) is 7.79. The minimum Gasteiger partial charge on any atom is -0.493 e. The fourth-order valence-electron chi connectivity index (χ4n) is 3.07. The molecule has 1 aliphatic carbocycles. The molecule has 2 unspecified atom stereocenters. The number of benzene rings is 1. The molecule has 0 bridgehead atoms. The molecule has 0 amide bonds. The van der Waals surface area contributed by atoms with Gasteiger partial charge in [-0.15, -0.1) is 0 Å². The second kappa shape index (κ2) is 8.04. The smallest absolute Gasteiger partial charge is 0.161 e. The van der Waals surface area contributed by atoms with Crippen LogP contribution >= 0.6 is 15.9 Å².